The van der Waals surface area contributed by atoms with Crippen LogP contribution < -0.4 is 10.3 Å². The van der Waals surface area contributed by atoms with Crippen molar-refractivity contribution in [1.29, 1.82) is 0 Å². The molecule has 2 heterocycles. The number of benzene rings is 4. The van der Waals surface area contributed by atoms with Crippen molar-refractivity contribution in [3.05, 3.63) is 136 Å². The largest absolute Gasteiger partial charge is 0.508 e. The zero-order chi connectivity index (χ0) is 35.8. The van der Waals surface area contributed by atoms with Crippen LogP contribution in [0, 0.1) is 30.6 Å². The minimum Gasteiger partial charge on any atom is -0.508 e. The normalized spacial score (nSPS) is 26.8. The molecule has 2 aliphatic carbocycles. The van der Waals surface area contributed by atoms with Crippen LogP contribution in [-0.4, -0.2) is 39.5 Å². The van der Waals surface area contributed by atoms with E-state index < -0.39 is 52.7 Å². The van der Waals surface area contributed by atoms with Gasteiger partial charge in [-0.1, -0.05) is 71.3 Å². The molecule has 0 unspecified atom stereocenters. The van der Waals surface area contributed by atoms with Crippen molar-refractivity contribution < 1.29 is 29.1 Å². The van der Waals surface area contributed by atoms with Gasteiger partial charge in [-0.2, -0.15) is 5.01 Å². The maximum atomic E-state index is 15.2. The highest BCUT2D eigenvalue weighted by Gasteiger charge is 2.70. The Morgan fingerprint density at radius 3 is 2.25 bits per heavy atom. The molecule has 4 aromatic rings. The summed E-state index contributed by atoms with van der Waals surface area (Å²) < 4.78 is 0. The molecule has 2 aliphatic heterocycles. The van der Waals surface area contributed by atoms with Crippen molar-refractivity contribution in [2.24, 2.45) is 23.7 Å². The average Bonchev–Trinajstić information content (AvgIpc) is 3.51. The van der Waals surface area contributed by atoms with Crippen LogP contribution in [0.5, 0.6) is 5.75 Å². The Balaban J connectivity index is 1.30. The van der Waals surface area contributed by atoms with E-state index in [1.165, 1.54) is 17.9 Å². The number of phenols is 1. The Morgan fingerprint density at radius 2 is 1.57 bits per heavy atom. The summed E-state index contributed by atoms with van der Waals surface area (Å²) >= 11 is 6.58. The number of phenolic OH excluding ortho intramolecular Hbond substituents is 1. The van der Waals surface area contributed by atoms with Crippen molar-refractivity contribution in [2.75, 3.05) is 10.3 Å². The molecule has 256 valence electrons. The predicted octanol–water partition coefficient (Wildman–Crippen LogP) is 6.75. The number of Topliss-reactive ketones (excluding diaryl/α,β-unsaturated/α-hetero) is 1. The maximum Gasteiger partial charge on any atom is 0.260 e. The van der Waals surface area contributed by atoms with E-state index in [4.69, 9.17) is 11.6 Å². The van der Waals surface area contributed by atoms with Gasteiger partial charge in [-0.25, -0.2) is 0 Å². The SMILES string of the molecule is CC(=O)c1ccc(N2C(=O)[C@H]3[C@H](CC=C4[C@H]3C[C@H]3C(=O)N(Nc5ccc(C)cc5)C(=O)[C@@]3(c3ccccc3)[C@H]4c3cc(Cl)ccc3O)C2=O)cc1. The van der Waals surface area contributed by atoms with Crippen LogP contribution in [-0.2, 0) is 24.6 Å². The molecular weight excluding hydrogens is 666 g/mol. The van der Waals surface area contributed by atoms with Crippen LogP contribution in [0.3, 0.4) is 0 Å². The molecule has 4 aliphatic rings. The molecule has 8 rings (SSSR count). The number of nitrogens with one attached hydrogen (secondary N) is 1. The van der Waals surface area contributed by atoms with Crippen LogP contribution in [0.2, 0.25) is 5.02 Å². The van der Waals surface area contributed by atoms with Gasteiger partial charge in [0.2, 0.25) is 11.8 Å². The lowest BCUT2D eigenvalue weighted by molar-refractivity contribution is -0.138. The molecule has 9 nitrogen and oxygen atoms in total. The Kier molecular flexibility index (Phi) is 7.72. The third-order valence-electron chi connectivity index (χ3n) is 11.2. The van der Waals surface area contributed by atoms with Gasteiger partial charge < -0.3 is 5.11 Å². The van der Waals surface area contributed by atoms with E-state index >= 15 is 4.79 Å². The lowest BCUT2D eigenvalue weighted by atomic mass is 9.49. The molecule has 51 heavy (non-hydrogen) atoms. The van der Waals surface area contributed by atoms with Crippen LogP contribution in [0.4, 0.5) is 11.4 Å². The second-order valence-corrected chi connectivity index (χ2v) is 14.3. The lowest BCUT2D eigenvalue weighted by Gasteiger charge is -2.50. The maximum absolute atomic E-state index is 15.2. The summed E-state index contributed by atoms with van der Waals surface area (Å²) in [7, 11) is 0. The zero-order valence-corrected chi connectivity index (χ0v) is 28.6. The molecule has 6 atom stereocenters. The summed E-state index contributed by atoms with van der Waals surface area (Å²) in [5.41, 5.74) is 5.59. The fourth-order valence-corrected chi connectivity index (χ4v) is 9.13. The smallest absolute Gasteiger partial charge is 0.260 e. The fraction of sp³-hybridized carbons (Fsp3) is 0.244. The van der Waals surface area contributed by atoms with E-state index in [2.05, 4.69) is 5.43 Å². The van der Waals surface area contributed by atoms with Gasteiger partial charge in [0.1, 0.15) is 5.75 Å². The molecule has 4 aromatic carbocycles. The van der Waals surface area contributed by atoms with Crippen LogP contribution in [0.15, 0.2) is 109 Å². The van der Waals surface area contributed by atoms with Gasteiger partial charge in [0.05, 0.1) is 34.5 Å². The predicted molar refractivity (Wildman–Crippen MR) is 191 cm³/mol. The Bertz CT molecular complexity index is 2170. The van der Waals surface area contributed by atoms with Crippen molar-refractivity contribution in [3.63, 3.8) is 0 Å². The number of ketones is 1. The number of rotatable bonds is 6. The van der Waals surface area contributed by atoms with Crippen LogP contribution in [0.25, 0.3) is 0 Å². The van der Waals surface area contributed by atoms with Crippen LogP contribution >= 0.6 is 11.6 Å². The first kappa shape index (κ1) is 32.7. The van der Waals surface area contributed by atoms with Crippen molar-refractivity contribution in [1.82, 2.24) is 5.01 Å². The first-order valence-corrected chi connectivity index (χ1v) is 17.3. The van der Waals surface area contributed by atoms with E-state index in [-0.39, 0.29) is 30.3 Å². The van der Waals surface area contributed by atoms with Gasteiger partial charge in [-0.15, -0.1) is 0 Å². The lowest BCUT2D eigenvalue weighted by Crippen LogP contribution is -2.53. The number of imide groups is 2. The van der Waals surface area contributed by atoms with Gasteiger partial charge in [-0.3, -0.25) is 34.3 Å². The van der Waals surface area contributed by atoms with Gasteiger partial charge >= 0.3 is 0 Å². The molecule has 0 spiro atoms. The first-order valence-electron chi connectivity index (χ1n) is 17.0. The molecule has 1 saturated carbocycles. The minimum absolute atomic E-state index is 0.103. The molecule has 4 amide bonds. The molecule has 2 N–H and O–H groups in total. The summed E-state index contributed by atoms with van der Waals surface area (Å²) in [6.07, 6.45) is 2.27. The number of halogens is 1. The number of carbonyl (C=O) groups is 5. The number of allylic oxidation sites excluding steroid dienone is 2. The number of carbonyl (C=O) groups excluding carboxylic acids is 5. The highest BCUT2D eigenvalue weighted by Crippen LogP contribution is 2.65. The van der Waals surface area contributed by atoms with Gasteiger partial charge in [0.15, 0.2) is 5.78 Å². The summed E-state index contributed by atoms with van der Waals surface area (Å²) in [6.45, 7) is 3.39. The second-order valence-electron chi connectivity index (χ2n) is 13.9. The van der Waals surface area contributed by atoms with E-state index in [0.29, 0.717) is 38.7 Å². The second kappa shape index (κ2) is 12.1. The van der Waals surface area contributed by atoms with Gasteiger partial charge in [0.25, 0.3) is 11.8 Å². The third kappa shape index (κ3) is 4.86. The zero-order valence-electron chi connectivity index (χ0n) is 27.9. The first-order chi connectivity index (χ1) is 24.5. The highest BCUT2D eigenvalue weighted by atomic mass is 35.5. The van der Waals surface area contributed by atoms with E-state index in [9.17, 15) is 24.3 Å². The number of hydrogen-bond acceptors (Lipinski definition) is 7. The molecular formula is C41H34ClN3O6. The molecule has 0 aromatic heterocycles. The molecule has 2 saturated heterocycles. The number of hydrazine groups is 1. The number of amides is 4. The van der Waals surface area contributed by atoms with Crippen molar-refractivity contribution in [3.8, 4) is 5.75 Å². The Morgan fingerprint density at radius 1 is 0.863 bits per heavy atom. The number of aromatic hydroxyl groups is 1. The van der Waals surface area contributed by atoms with Crippen molar-refractivity contribution >= 4 is 52.4 Å². The topological polar surface area (TPSA) is 124 Å². The Hall–Kier alpha value is -5.54. The van der Waals surface area contributed by atoms with Gasteiger partial charge in [-0.05, 0) is 92.8 Å². The number of fused-ring (bicyclic) bond motifs is 4. The number of anilines is 2. The average molecular weight is 700 g/mol. The fourth-order valence-electron chi connectivity index (χ4n) is 8.95. The summed E-state index contributed by atoms with van der Waals surface area (Å²) in [5.74, 6) is -5.94. The highest BCUT2D eigenvalue weighted by molar-refractivity contribution is 6.30. The van der Waals surface area contributed by atoms with E-state index in [1.807, 2.05) is 55.5 Å². The summed E-state index contributed by atoms with van der Waals surface area (Å²) in [5, 5.41) is 12.9. The third-order valence-corrected chi connectivity index (χ3v) is 11.5. The monoisotopic (exact) mass is 699 g/mol. The van der Waals surface area contributed by atoms with E-state index in [0.717, 1.165) is 10.6 Å². The quantitative estimate of drug-likeness (QED) is 0.130. The molecule has 0 radical (unpaired) electrons. The molecule has 3 fully saturated rings. The van der Waals surface area contributed by atoms with E-state index in [1.54, 1.807) is 48.5 Å². The minimum atomic E-state index is -1.53. The van der Waals surface area contributed by atoms with Crippen LogP contribution in [0.1, 0.15) is 52.7 Å². The molecule has 0 bridgehead atoms. The number of nitrogens with zero attached hydrogens (tertiary/aromatic N) is 2. The number of hydrogen-bond donors (Lipinski definition) is 2. The van der Waals surface area contributed by atoms with Gasteiger partial charge in [0, 0.05) is 22.1 Å². The summed E-state index contributed by atoms with van der Waals surface area (Å²) in [4.78, 5) is 71.6. The number of aryl methyl sites for hydroxylation is 1. The standard InChI is InChI=1S/C41H34ClN3O6/c1-22-8-13-27(14-9-22)43-45-38(49)33-21-31-29(17-18-30-35(31)39(50)44(37(30)48)28-15-10-24(11-16-28)23(2)46)36(32-20-26(42)12-19-34(32)47)41(33,40(45)51)25-6-4-3-5-7-25/h3-17,19-20,30-31,33,35-36,43,47H,18,21H2,1-2H3/t30-,31+,33-,35-,36+,41+/m0/s1. The van der Waals surface area contributed by atoms with Crippen molar-refractivity contribution in [2.45, 2.75) is 38.0 Å². The Labute approximate surface area is 299 Å². The molecule has 10 heteroatoms. The summed E-state index contributed by atoms with van der Waals surface area (Å²) in [6, 6.07) is 27.5.